The highest BCUT2D eigenvalue weighted by atomic mass is 16.5. The van der Waals surface area contributed by atoms with Gasteiger partial charge in [-0.1, -0.05) is 42.3 Å². The van der Waals surface area contributed by atoms with Crippen molar-refractivity contribution in [3.63, 3.8) is 0 Å². The average molecular weight is 420 g/mol. The number of amides is 1. The maximum atomic E-state index is 11.5. The van der Waals surface area contributed by atoms with Crippen LogP contribution in [-0.4, -0.2) is 28.6 Å². The lowest BCUT2D eigenvalue weighted by atomic mass is 10.1. The molecule has 0 radical (unpaired) electrons. The van der Waals surface area contributed by atoms with E-state index in [4.69, 9.17) is 9.72 Å². The Kier molecular flexibility index (Phi) is 8.27. The van der Waals surface area contributed by atoms with E-state index in [1.165, 1.54) is 5.56 Å². The Balaban J connectivity index is 1.56. The van der Waals surface area contributed by atoms with Crippen LogP contribution in [0.3, 0.4) is 0 Å². The van der Waals surface area contributed by atoms with E-state index in [1.54, 1.807) is 12.2 Å². The summed E-state index contributed by atoms with van der Waals surface area (Å²) >= 11 is 0. The fourth-order valence-electron chi connectivity index (χ4n) is 3.78. The molecule has 0 saturated heterocycles. The van der Waals surface area contributed by atoms with Gasteiger partial charge < -0.3 is 14.6 Å². The van der Waals surface area contributed by atoms with Gasteiger partial charge in [0.05, 0.1) is 17.6 Å². The Labute approximate surface area is 185 Å². The Morgan fingerprint density at radius 3 is 2.77 bits per heavy atom. The fourth-order valence-corrected chi connectivity index (χ4v) is 3.78. The van der Waals surface area contributed by atoms with E-state index in [-0.39, 0.29) is 5.91 Å². The number of imidazole rings is 1. The van der Waals surface area contributed by atoms with Crippen LogP contribution >= 0.6 is 0 Å². The molecule has 5 nitrogen and oxygen atoms in total. The molecule has 1 aromatic heterocycles. The second kappa shape index (κ2) is 11.3. The van der Waals surface area contributed by atoms with Crippen molar-refractivity contribution in [3.8, 4) is 5.75 Å². The summed E-state index contributed by atoms with van der Waals surface area (Å²) < 4.78 is 8.36. The highest BCUT2D eigenvalue weighted by Gasteiger charge is 2.11. The molecule has 164 valence electrons. The van der Waals surface area contributed by atoms with Crippen molar-refractivity contribution in [2.75, 3.05) is 13.2 Å². The van der Waals surface area contributed by atoms with Gasteiger partial charge in [-0.3, -0.25) is 4.79 Å². The van der Waals surface area contributed by atoms with Crippen LogP contribution in [-0.2, 0) is 17.8 Å². The van der Waals surface area contributed by atoms with Crippen LogP contribution in [0.15, 0.2) is 54.6 Å². The van der Waals surface area contributed by atoms with E-state index < -0.39 is 0 Å². The number of aryl methyl sites for hydroxylation is 3. The zero-order valence-electron chi connectivity index (χ0n) is 18.9. The van der Waals surface area contributed by atoms with E-state index in [1.807, 2.05) is 19.1 Å². The number of rotatable bonds is 11. The first-order valence-corrected chi connectivity index (χ1v) is 11.1. The molecule has 3 aromatic rings. The highest BCUT2D eigenvalue weighted by Crippen LogP contribution is 2.20. The zero-order valence-corrected chi connectivity index (χ0v) is 18.9. The Morgan fingerprint density at radius 2 is 1.97 bits per heavy atom. The van der Waals surface area contributed by atoms with Gasteiger partial charge in [0.1, 0.15) is 18.2 Å². The number of unbranched alkanes of at least 4 members (excludes halogenated alkanes) is 2. The predicted molar refractivity (Wildman–Crippen MR) is 127 cm³/mol. The second-order valence-electron chi connectivity index (χ2n) is 7.89. The first-order valence-electron chi connectivity index (χ1n) is 11.1. The molecule has 3 rings (SSSR count). The molecule has 0 aliphatic rings. The lowest BCUT2D eigenvalue weighted by Gasteiger charge is -2.13. The van der Waals surface area contributed by atoms with E-state index in [9.17, 15) is 4.79 Å². The SMILES string of the molecule is C/C=C/C(=O)NCCCCCc1nc2ccccc2n1CCOc1ccc(C)cc1C. The Hall–Kier alpha value is -3.08. The van der Waals surface area contributed by atoms with Gasteiger partial charge in [-0.15, -0.1) is 0 Å². The molecule has 2 aromatic carbocycles. The van der Waals surface area contributed by atoms with Crippen LogP contribution in [0.5, 0.6) is 5.75 Å². The number of aromatic nitrogens is 2. The number of ether oxygens (including phenoxy) is 1. The molecule has 0 unspecified atom stereocenters. The van der Waals surface area contributed by atoms with Crippen molar-refractivity contribution >= 4 is 16.9 Å². The van der Waals surface area contributed by atoms with Gasteiger partial charge in [-0.05, 0) is 63.5 Å². The molecule has 0 atom stereocenters. The number of nitrogens with zero attached hydrogens (tertiary/aromatic N) is 2. The van der Waals surface area contributed by atoms with Crippen LogP contribution in [0.2, 0.25) is 0 Å². The molecule has 31 heavy (non-hydrogen) atoms. The molecular weight excluding hydrogens is 386 g/mol. The van der Waals surface area contributed by atoms with Gasteiger partial charge in [0.25, 0.3) is 0 Å². The molecule has 0 aliphatic heterocycles. The van der Waals surface area contributed by atoms with Crippen LogP contribution < -0.4 is 10.1 Å². The highest BCUT2D eigenvalue weighted by molar-refractivity contribution is 5.87. The lowest BCUT2D eigenvalue weighted by molar-refractivity contribution is -0.116. The van der Waals surface area contributed by atoms with Gasteiger partial charge in [0.2, 0.25) is 5.91 Å². The third kappa shape index (κ3) is 6.45. The first-order chi connectivity index (χ1) is 15.1. The van der Waals surface area contributed by atoms with Crippen molar-refractivity contribution in [3.05, 3.63) is 71.6 Å². The summed E-state index contributed by atoms with van der Waals surface area (Å²) in [6, 6.07) is 14.6. The smallest absolute Gasteiger partial charge is 0.243 e. The number of carbonyl (C=O) groups excluding carboxylic acids is 1. The normalized spacial score (nSPS) is 11.3. The quantitative estimate of drug-likeness (QED) is 0.346. The van der Waals surface area contributed by atoms with Gasteiger partial charge in [0, 0.05) is 13.0 Å². The minimum absolute atomic E-state index is 0.0203. The van der Waals surface area contributed by atoms with E-state index >= 15 is 0 Å². The molecule has 1 amide bonds. The summed E-state index contributed by atoms with van der Waals surface area (Å²) in [6.45, 7) is 8.11. The summed E-state index contributed by atoms with van der Waals surface area (Å²) in [7, 11) is 0. The van der Waals surface area contributed by atoms with Crippen LogP contribution in [0.1, 0.15) is 43.1 Å². The third-order valence-corrected chi connectivity index (χ3v) is 5.33. The molecular formula is C26H33N3O2. The molecule has 0 spiro atoms. The standard InChI is InChI=1S/C26H33N3O2/c1-4-10-26(30)27-16-9-5-6-13-25-28-22-11-7-8-12-23(22)29(25)17-18-31-24-15-14-20(2)19-21(24)3/h4,7-8,10-12,14-15,19H,5-6,9,13,16-18H2,1-3H3,(H,27,30)/b10-4+. The maximum absolute atomic E-state index is 11.5. The summed E-state index contributed by atoms with van der Waals surface area (Å²) in [4.78, 5) is 16.3. The van der Waals surface area contributed by atoms with Crippen LogP contribution in [0.4, 0.5) is 0 Å². The molecule has 0 bridgehead atoms. The minimum atomic E-state index is -0.0203. The van der Waals surface area contributed by atoms with Crippen molar-refractivity contribution in [1.29, 1.82) is 0 Å². The van der Waals surface area contributed by atoms with Crippen molar-refractivity contribution in [2.24, 2.45) is 0 Å². The van der Waals surface area contributed by atoms with Gasteiger partial charge in [-0.2, -0.15) is 0 Å². The lowest BCUT2D eigenvalue weighted by Crippen LogP contribution is -2.22. The number of hydrogen-bond acceptors (Lipinski definition) is 3. The summed E-state index contributed by atoms with van der Waals surface area (Å²) in [5, 5.41) is 2.90. The number of benzene rings is 2. The molecule has 0 aliphatic carbocycles. The van der Waals surface area contributed by atoms with Crippen LogP contribution in [0, 0.1) is 13.8 Å². The van der Waals surface area contributed by atoms with E-state index in [0.29, 0.717) is 13.2 Å². The van der Waals surface area contributed by atoms with Crippen molar-refractivity contribution in [2.45, 2.75) is 53.0 Å². The van der Waals surface area contributed by atoms with Crippen molar-refractivity contribution in [1.82, 2.24) is 14.9 Å². The average Bonchev–Trinajstić information content (AvgIpc) is 3.10. The topological polar surface area (TPSA) is 56.2 Å². The Morgan fingerprint density at radius 1 is 1.13 bits per heavy atom. The van der Waals surface area contributed by atoms with Gasteiger partial charge in [-0.25, -0.2) is 4.98 Å². The second-order valence-corrected chi connectivity index (χ2v) is 7.89. The molecule has 5 heteroatoms. The van der Waals surface area contributed by atoms with E-state index in [0.717, 1.165) is 60.4 Å². The summed E-state index contributed by atoms with van der Waals surface area (Å²) in [6.07, 6.45) is 7.30. The molecule has 1 N–H and O–H groups in total. The number of carbonyl (C=O) groups is 1. The minimum Gasteiger partial charge on any atom is -0.491 e. The monoisotopic (exact) mass is 419 g/mol. The largest absolute Gasteiger partial charge is 0.491 e. The summed E-state index contributed by atoms with van der Waals surface area (Å²) in [5.41, 5.74) is 4.59. The first kappa shape index (κ1) is 22.6. The Bertz CT molecular complexity index is 1040. The maximum Gasteiger partial charge on any atom is 0.243 e. The number of nitrogens with one attached hydrogen (secondary N) is 1. The van der Waals surface area contributed by atoms with Gasteiger partial charge >= 0.3 is 0 Å². The number of fused-ring (bicyclic) bond motifs is 1. The molecule has 0 fully saturated rings. The number of allylic oxidation sites excluding steroid dienone is 1. The molecule has 1 heterocycles. The zero-order chi connectivity index (χ0) is 22.1. The van der Waals surface area contributed by atoms with Crippen LogP contribution in [0.25, 0.3) is 11.0 Å². The van der Waals surface area contributed by atoms with E-state index in [2.05, 4.69) is 54.1 Å². The van der Waals surface area contributed by atoms with Crippen molar-refractivity contribution < 1.29 is 9.53 Å². The third-order valence-electron chi connectivity index (χ3n) is 5.33. The summed E-state index contributed by atoms with van der Waals surface area (Å²) in [5.74, 6) is 2.02. The fraction of sp³-hybridized carbons (Fsp3) is 0.385. The number of hydrogen-bond donors (Lipinski definition) is 1. The number of para-hydroxylation sites is 2. The predicted octanol–water partition coefficient (Wildman–Crippen LogP) is 5.14. The molecule has 0 saturated carbocycles. The van der Waals surface area contributed by atoms with Gasteiger partial charge in [0.15, 0.2) is 0 Å².